The van der Waals surface area contributed by atoms with E-state index in [4.69, 9.17) is 0 Å². The number of aliphatic hydroxyl groups is 1. The largest absolute Gasteiger partial charge is 0.395 e. The average molecular weight is 441 g/mol. The molecule has 180 valence electrons. The number of carbonyl (C=O) groups is 1. The molecule has 4 unspecified atom stereocenters. The minimum atomic E-state index is -0.543. The minimum Gasteiger partial charge on any atom is -0.395 e. The van der Waals surface area contributed by atoms with E-state index in [-0.39, 0.29) is 17.4 Å². The van der Waals surface area contributed by atoms with E-state index in [1.807, 2.05) is 5.57 Å². The molecule has 0 radical (unpaired) electrons. The number of Topliss-reactive ketones (excluding diaryl/α,β-unsaturated/α-hetero) is 1. The number of rotatable bonds is 2. The Balaban J connectivity index is 1.59. The van der Waals surface area contributed by atoms with Crippen molar-refractivity contribution in [3.05, 3.63) is 11.6 Å². The number of hydrogen-bond acceptors (Lipinski definition) is 2. The van der Waals surface area contributed by atoms with Gasteiger partial charge in [-0.15, -0.1) is 0 Å². The second-order valence-electron chi connectivity index (χ2n) is 14.4. The average Bonchev–Trinajstić information content (AvgIpc) is 3.09. The summed E-state index contributed by atoms with van der Waals surface area (Å²) in [5.74, 6) is 3.61. The van der Waals surface area contributed by atoms with E-state index in [0.29, 0.717) is 34.9 Å². The molecular formula is C30H48O2. The van der Waals surface area contributed by atoms with Crippen molar-refractivity contribution in [1.82, 2.24) is 0 Å². The molecule has 0 aromatic rings. The first-order chi connectivity index (χ1) is 14.9. The maximum absolute atomic E-state index is 13.0. The van der Waals surface area contributed by atoms with E-state index in [1.54, 1.807) is 0 Å². The van der Waals surface area contributed by atoms with Crippen molar-refractivity contribution in [2.75, 3.05) is 6.61 Å². The normalized spacial score (nSPS) is 55.0. The van der Waals surface area contributed by atoms with Gasteiger partial charge in [0.15, 0.2) is 0 Å². The Morgan fingerprint density at radius 2 is 1.69 bits per heavy atom. The molecule has 0 aliphatic heterocycles. The van der Waals surface area contributed by atoms with Crippen LogP contribution in [0.2, 0.25) is 0 Å². The smallest absolute Gasteiger partial charge is 0.141 e. The highest BCUT2D eigenvalue weighted by atomic mass is 16.3. The number of allylic oxidation sites excluding steroid dienone is 2. The lowest BCUT2D eigenvalue weighted by Crippen LogP contribution is -2.64. The van der Waals surface area contributed by atoms with E-state index in [2.05, 4.69) is 54.5 Å². The first kappa shape index (κ1) is 23.1. The summed E-state index contributed by atoms with van der Waals surface area (Å²) in [7, 11) is 0. The summed E-state index contributed by atoms with van der Waals surface area (Å²) in [6, 6.07) is 0. The molecule has 4 saturated carbocycles. The molecule has 2 nitrogen and oxygen atoms in total. The highest BCUT2D eigenvalue weighted by Crippen LogP contribution is 2.75. The van der Waals surface area contributed by atoms with E-state index in [1.165, 1.54) is 38.5 Å². The Morgan fingerprint density at radius 3 is 2.34 bits per heavy atom. The lowest BCUT2D eigenvalue weighted by Gasteiger charge is -2.70. The maximum Gasteiger partial charge on any atom is 0.141 e. The van der Waals surface area contributed by atoms with Crippen molar-refractivity contribution in [3.8, 4) is 0 Å². The molecule has 0 amide bonds. The van der Waals surface area contributed by atoms with Crippen LogP contribution in [0.4, 0.5) is 0 Å². The molecule has 9 atom stereocenters. The third-order valence-electron chi connectivity index (χ3n) is 13.0. The van der Waals surface area contributed by atoms with Gasteiger partial charge in [-0.2, -0.15) is 0 Å². The van der Waals surface area contributed by atoms with Gasteiger partial charge >= 0.3 is 0 Å². The molecule has 0 heterocycles. The number of fused-ring (bicyclic) bond motifs is 7. The zero-order valence-electron chi connectivity index (χ0n) is 21.9. The molecule has 5 rings (SSSR count). The van der Waals surface area contributed by atoms with Gasteiger partial charge < -0.3 is 5.11 Å². The summed E-state index contributed by atoms with van der Waals surface area (Å²) < 4.78 is 0. The zero-order valence-corrected chi connectivity index (χ0v) is 21.9. The number of ketones is 1. The Kier molecular flexibility index (Phi) is 5.03. The standard InChI is InChI=1S/C30H48O2/c1-19(2)20-10-13-26(3)16-17-29(6)21(25(20)26)8-9-23-27(4)14-12-24(32)28(5,18-31)22(27)11-15-30(23,29)7/h8,19-20,22-23,25,31H,9-18H2,1-7H3/t20-,22?,23?,25?,26-,27-,28?,29+,30-/m1/s1. The van der Waals surface area contributed by atoms with Gasteiger partial charge in [-0.05, 0) is 103 Å². The lowest BCUT2D eigenvalue weighted by molar-refractivity contribution is -0.189. The SMILES string of the molecule is CC(C)[C@H]1CC[C@]2(C)CC[C@@]3(C)C(=CCC4[C@]5(C)CCC(=O)C(C)(CO)C5CC[C@]43C)C12. The first-order valence-corrected chi connectivity index (χ1v) is 13.7. The first-order valence-electron chi connectivity index (χ1n) is 13.7. The van der Waals surface area contributed by atoms with Gasteiger partial charge in [-0.25, -0.2) is 0 Å². The molecule has 5 aliphatic carbocycles. The summed E-state index contributed by atoms with van der Waals surface area (Å²) >= 11 is 0. The van der Waals surface area contributed by atoms with Crippen LogP contribution in [0.1, 0.15) is 106 Å². The monoisotopic (exact) mass is 440 g/mol. The van der Waals surface area contributed by atoms with E-state index in [9.17, 15) is 9.90 Å². The van der Waals surface area contributed by atoms with Gasteiger partial charge in [-0.1, -0.05) is 60.1 Å². The van der Waals surface area contributed by atoms with Crippen molar-refractivity contribution < 1.29 is 9.90 Å². The molecule has 0 aromatic heterocycles. The molecule has 1 N–H and O–H groups in total. The Hall–Kier alpha value is -0.630. The molecule has 0 bridgehead atoms. The molecule has 0 saturated heterocycles. The van der Waals surface area contributed by atoms with Crippen LogP contribution < -0.4 is 0 Å². The molecule has 0 aromatic carbocycles. The fraction of sp³-hybridized carbons (Fsp3) is 0.900. The molecular weight excluding hydrogens is 392 g/mol. The van der Waals surface area contributed by atoms with Crippen LogP contribution >= 0.6 is 0 Å². The highest BCUT2D eigenvalue weighted by Gasteiger charge is 2.68. The summed E-state index contributed by atoms with van der Waals surface area (Å²) in [4.78, 5) is 13.0. The quantitative estimate of drug-likeness (QED) is 0.461. The zero-order chi connectivity index (χ0) is 23.3. The lowest BCUT2D eigenvalue weighted by atomic mass is 9.34. The summed E-state index contributed by atoms with van der Waals surface area (Å²) in [5.41, 5.74) is 2.51. The molecule has 5 aliphatic rings. The van der Waals surface area contributed by atoms with Gasteiger partial charge in [-0.3, -0.25) is 4.79 Å². The van der Waals surface area contributed by atoms with Crippen LogP contribution in [0.5, 0.6) is 0 Å². The molecule has 0 spiro atoms. The van der Waals surface area contributed by atoms with Crippen LogP contribution in [0.25, 0.3) is 0 Å². The van der Waals surface area contributed by atoms with Crippen molar-refractivity contribution in [3.63, 3.8) is 0 Å². The van der Waals surface area contributed by atoms with Crippen LogP contribution in [0.15, 0.2) is 11.6 Å². The third-order valence-corrected chi connectivity index (χ3v) is 13.0. The van der Waals surface area contributed by atoms with E-state index in [0.717, 1.165) is 30.6 Å². The maximum atomic E-state index is 13.0. The van der Waals surface area contributed by atoms with Gasteiger partial charge in [0.2, 0.25) is 0 Å². The summed E-state index contributed by atoms with van der Waals surface area (Å²) in [5, 5.41) is 10.4. The summed E-state index contributed by atoms with van der Waals surface area (Å²) in [6.07, 6.45) is 13.4. The minimum absolute atomic E-state index is 0.0182. The van der Waals surface area contributed by atoms with E-state index < -0.39 is 5.41 Å². The van der Waals surface area contributed by atoms with Crippen molar-refractivity contribution in [1.29, 1.82) is 0 Å². The Labute approximate surface area is 197 Å². The van der Waals surface area contributed by atoms with Crippen molar-refractivity contribution in [2.24, 2.45) is 56.7 Å². The van der Waals surface area contributed by atoms with Crippen molar-refractivity contribution >= 4 is 5.78 Å². The Bertz CT molecular complexity index is 842. The number of hydrogen-bond donors (Lipinski definition) is 1. The second kappa shape index (κ2) is 6.96. The summed E-state index contributed by atoms with van der Waals surface area (Å²) in [6.45, 7) is 17.4. The van der Waals surface area contributed by atoms with Crippen LogP contribution in [-0.4, -0.2) is 17.5 Å². The fourth-order valence-electron chi connectivity index (χ4n) is 10.7. The predicted octanol–water partition coefficient (Wildman–Crippen LogP) is 7.21. The van der Waals surface area contributed by atoms with Gasteiger partial charge in [0.05, 0.1) is 12.0 Å². The third kappa shape index (κ3) is 2.60. The predicted molar refractivity (Wildman–Crippen MR) is 131 cm³/mol. The number of aliphatic hydroxyl groups excluding tert-OH is 1. The molecule has 4 fully saturated rings. The van der Waals surface area contributed by atoms with Crippen LogP contribution in [0.3, 0.4) is 0 Å². The van der Waals surface area contributed by atoms with Gasteiger partial charge in [0.1, 0.15) is 5.78 Å². The Morgan fingerprint density at radius 1 is 0.969 bits per heavy atom. The highest BCUT2D eigenvalue weighted by molar-refractivity contribution is 5.86. The number of carbonyl (C=O) groups excluding carboxylic acids is 1. The topological polar surface area (TPSA) is 37.3 Å². The van der Waals surface area contributed by atoms with Crippen LogP contribution in [-0.2, 0) is 4.79 Å². The molecule has 2 heteroatoms. The van der Waals surface area contributed by atoms with Crippen LogP contribution in [0, 0.1) is 56.7 Å². The van der Waals surface area contributed by atoms with Gasteiger partial charge in [0.25, 0.3) is 0 Å². The van der Waals surface area contributed by atoms with Gasteiger partial charge in [0, 0.05) is 6.42 Å². The van der Waals surface area contributed by atoms with E-state index >= 15 is 0 Å². The van der Waals surface area contributed by atoms with Crippen molar-refractivity contribution in [2.45, 2.75) is 106 Å². The molecule has 32 heavy (non-hydrogen) atoms. The second-order valence-corrected chi connectivity index (χ2v) is 14.4. The fourth-order valence-corrected chi connectivity index (χ4v) is 10.7.